The molecule has 1 aliphatic rings. The summed E-state index contributed by atoms with van der Waals surface area (Å²) in [7, 11) is 2.13. The normalized spacial score (nSPS) is 15.6. The van der Waals surface area contributed by atoms with Gasteiger partial charge in [0.2, 0.25) is 0 Å². The van der Waals surface area contributed by atoms with E-state index in [1.165, 1.54) is 33.2 Å². The summed E-state index contributed by atoms with van der Waals surface area (Å²) in [6, 6.07) is 15.6. The summed E-state index contributed by atoms with van der Waals surface area (Å²) in [4.78, 5) is 2.52. The van der Waals surface area contributed by atoms with E-state index in [0.717, 1.165) is 32.5 Å². The molecule has 3 heteroatoms. The third-order valence-corrected chi connectivity index (χ3v) is 5.38. The zero-order valence-corrected chi connectivity index (χ0v) is 15.2. The minimum atomic E-state index is 0.133. The summed E-state index contributed by atoms with van der Waals surface area (Å²) < 4.78 is 2.24. The summed E-state index contributed by atoms with van der Waals surface area (Å²) in [5.41, 5.74) is 13.3. The molecule has 1 atom stereocenters. The van der Waals surface area contributed by atoms with Gasteiger partial charge in [-0.05, 0) is 40.8 Å². The summed E-state index contributed by atoms with van der Waals surface area (Å²) in [5, 5.41) is 1.34. The Hall–Kier alpha value is -2.10. The van der Waals surface area contributed by atoms with Crippen molar-refractivity contribution in [1.29, 1.82) is 0 Å². The van der Waals surface area contributed by atoms with E-state index in [1.54, 1.807) is 0 Å². The molecular weight excluding hydrogens is 306 g/mol. The fourth-order valence-electron chi connectivity index (χ4n) is 4.09. The van der Waals surface area contributed by atoms with Crippen LogP contribution in [0.15, 0.2) is 48.7 Å². The molecule has 0 radical (unpaired) electrons. The first-order valence-electron chi connectivity index (χ1n) is 9.28. The number of aromatic nitrogens is 1. The number of nitrogens with two attached hydrogens (primary N) is 1. The first-order chi connectivity index (χ1) is 12.2. The predicted molar refractivity (Wildman–Crippen MR) is 104 cm³/mol. The minimum Gasteiger partial charge on any atom is -0.350 e. The maximum atomic E-state index is 6.44. The maximum Gasteiger partial charge on any atom is 0.0484 e. The summed E-state index contributed by atoms with van der Waals surface area (Å²) in [6.07, 6.45) is 4.38. The van der Waals surface area contributed by atoms with E-state index in [-0.39, 0.29) is 6.04 Å². The van der Waals surface area contributed by atoms with E-state index in [2.05, 4.69) is 72.1 Å². The van der Waals surface area contributed by atoms with Gasteiger partial charge in [0, 0.05) is 49.8 Å². The Balaban J connectivity index is 1.63. The number of benzene rings is 2. The van der Waals surface area contributed by atoms with Gasteiger partial charge < -0.3 is 10.3 Å². The van der Waals surface area contributed by atoms with E-state index in [4.69, 9.17) is 5.73 Å². The minimum absolute atomic E-state index is 0.133. The highest BCUT2D eigenvalue weighted by atomic mass is 15.1. The molecule has 4 rings (SSSR count). The number of aryl methyl sites for hydroxylation is 1. The average molecular weight is 333 g/mol. The van der Waals surface area contributed by atoms with Crippen LogP contribution < -0.4 is 5.73 Å². The molecule has 0 spiro atoms. The van der Waals surface area contributed by atoms with E-state index in [0.29, 0.717) is 0 Å². The predicted octanol–water partition coefficient (Wildman–Crippen LogP) is 4.49. The molecule has 1 aromatic heterocycles. The van der Waals surface area contributed by atoms with Gasteiger partial charge in [-0.3, -0.25) is 4.90 Å². The monoisotopic (exact) mass is 333 g/mol. The zero-order valence-electron chi connectivity index (χ0n) is 15.2. The van der Waals surface area contributed by atoms with E-state index >= 15 is 0 Å². The molecular formula is C22H27N3. The molecule has 0 amide bonds. The van der Waals surface area contributed by atoms with Crippen molar-refractivity contribution in [1.82, 2.24) is 9.47 Å². The largest absolute Gasteiger partial charge is 0.350 e. The van der Waals surface area contributed by atoms with Crippen molar-refractivity contribution in [2.75, 3.05) is 0 Å². The third kappa shape index (κ3) is 3.10. The Morgan fingerprint density at radius 1 is 1.08 bits per heavy atom. The van der Waals surface area contributed by atoms with Crippen LogP contribution in [0.5, 0.6) is 0 Å². The second kappa shape index (κ2) is 6.66. The number of nitrogens with zero attached hydrogens (tertiary/aromatic N) is 2. The fraction of sp³-hybridized carbons (Fsp3) is 0.364. The van der Waals surface area contributed by atoms with Gasteiger partial charge in [-0.2, -0.15) is 0 Å². The summed E-state index contributed by atoms with van der Waals surface area (Å²) in [5.74, 6) is 0. The number of hydrogen-bond donors (Lipinski definition) is 1. The van der Waals surface area contributed by atoms with Crippen LogP contribution in [0.25, 0.3) is 10.9 Å². The Morgan fingerprint density at radius 3 is 2.52 bits per heavy atom. The molecule has 2 N–H and O–H groups in total. The molecule has 0 aliphatic carbocycles. The van der Waals surface area contributed by atoms with Gasteiger partial charge in [0.25, 0.3) is 0 Å². The molecule has 25 heavy (non-hydrogen) atoms. The molecule has 130 valence electrons. The lowest BCUT2D eigenvalue weighted by Crippen LogP contribution is -2.15. The summed E-state index contributed by atoms with van der Waals surface area (Å²) >= 11 is 0. The van der Waals surface area contributed by atoms with E-state index in [9.17, 15) is 0 Å². The van der Waals surface area contributed by atoms with Gasteiger partial charge in [-0.25, -0.2) is 0 Å². The summed E-state index contributed by atoms with van der Waals surface area (Å²) in [6.45, 7) is 5.26. The molecule has 0 saturated carbocycles. The van der Waals surface area contributed by atoms with Gasteiger partial charge in [0.1, 0.15) is 0 Å². The van der Waals surface area contributed by atoms with Crippen LogP contribution in [0, 0.1) is 0 Å². The van der Waals surface area contributed by atoms with Gasteiger partial charge in [0.05, 0.1) is 0 Å². The van der Waals surface area contributed by atoms with Crippen LogP contribution in [0.1, 0.15) is 48.1 Å². The first kappa shape index (κ1) is 16.4. The average Bonchev–Trinajstić information content (AvgIpc) is 3.14. The lowest BCUT2D eigenvalue weighted by molar-refractivity contribution is 0.275. The Morgan fingerprint density at radius 2 is 1.80 bits per heavy atom. The lowest BCUT2D eigenvalue weighted by Gasteiger charge is -2.14. The Bertz CT molecular complexity index is 879. The third-order valence-electron chi connectivity index (χ3n) is 5.38. The number of hydrogen-bond acceptors (Lipinski definition) is 2. The van der Waals surface area contributed by atoms with Crippen molar-refractivity contribution < 1.29 is 0 Å². The van der Waals surface area contributed by atoms with E-state index < -0.39 is 0 Å². The van der Waals surface area contributed by atoms with Crippen LogP contribution in [0.4, 0.5) is 0 Å². The fourth-order valence-corrected chi connectivity index (χ4v) is 4.09. The molecule has 1 aliphatic heterocycles. The molecule has 0 fully saturated rings. The molecule has 3 nitrogen and oxygen atoms in total. The smallest absolute Gasteiger partial charge is 0.0484 e. The highest BCUT2D eigenvalue weighted by molar-refractivity contribution is 5.86. The highest BCUT2D eigenvalue weighted by Crippen LogP contribution is 2.33. The van der Waals surface area contributed by atoms with Crippen molar-refractivity contribution in [3.63, 3.8) is 0 Å². The van der Waals surface area contributed by atoms with Crippen LogP contribution >= 0.6 is 0 Å². The van der Waals surface area contributed by atoms with Crippen LogP contribution in [-0.2, 0) is 26.7 Å². The number of fused-ring (bicyclic) bond motifs is 2. The molecule has 0 bridgehead atoms. The van der Waals surface area contributed by atoms with Crippen molar-refractivity contribution in [3.05, 3.63) is 70.9 Å². The molecule has 3 aromatic rings. The molecule has 0 saturated heterocycles. The van der Waals surface area contributed by atoms with Crippen molar-refractivity contribution in [3.8, 4) is 0 Å². The SMILES string of the molecule is CCCC(N)c1cn(C)c2cc3c(cc12)CN(Cc1ccccc1)C3. The highest BCUT2D eigenvalue weighted by Gasteiger charge is 2.22. The standard InChI is InChI=1S/C22H27N3/c1-3-7-21(23)20-15-24(2)22-11-18-14-25(13-17(18)10-19(20)22)12-16-8-5-4-6-9-16/h4-6,8-11,15,21H,3,7,12-14,23H2,1-2H3. The van der Waals surface area contributed by atoms with Gasteiger partial charge in [0.15, 0.2) is 0 Å². The van der Waals surface area contributed by atoms with Crippen molar-refractivity contribution in [2.24, 2.45) is 12.8 Å². The maximum absolute atomic E-state index is 6.44. The Kier molecular flexibility index (Phi) is 4.36. The second-order valence-corrected chi connectivity index (χ2v) is 7.36. The van der Waals surface area contributed by atoms with Gasteiger partial charge >= 0.3 is 0 Å². The second-order valence-electron chi connectivity index (χ2n) is 7.36. The van der Waals surface area contributed by atoms with Crippen molar-refractivity contribution in [2.45, 2.75) is 45.4 Å². The van der Waals surface area contributed by atoms with E-state index in [1.807, 2.05) is 0 Å². The van der Waals surface area contributed by atoms with Crippen LogP contribution in [0.3, 0.4) is 0 Å². The molecule has 2 aromatic carbocycles. The molecule has 2 heterocycles. The van der Waals surface area contributed by atoms with Crippen LogP contribution in [-0.4, -0.2) is 9.47 Å². The Labute approximate surface area is 150 Å². The number of rotatable bonds is 5. The lowest BCUT2D eigenvalue weighted by atomic mass is 10.00. The van der Waals surface area contributed by atoms with Crippen LogP contribution in [0.2, 0.25) is 0 Å². The first-order valence-corrected chi connectivity index (χ1v) is 9.28. The van der Waals surface area contributed by atoms with Crippen molar-refractivity contribution >= 4 is 10.9 Å². The van der Waals surface area contributed by atoms with Gasteiger partial charge in [-0.1, -0.05) is 43.7 Å². The quantitative estimate of drug-likeness (QED) is 0.746. The zero-order chi connectivity index (χ0) is 17.4. The molecule has 1 unspecified atom stereocenters. The topological polar surface area (TPSA) is 34.2 Å². The van der Waals surface area contributed by atoms with Gasteiger partial charge in [-0.15, -0.1) is 0 Å².